The predicted octanol–water partition coefficient (Wildman–Crippen LogP) is 3.51. The van der Waals surface area contributed by atoms with Gasteiger partial charge in [0.15, 0.2) is 0 Å². The van der Waals surface area contributed by atoms with Crippen molar-refractivity contribution in [1.82, 2.24) is 19.9 Å². The van der Waals surface area contributed by atoms with Gasteiger partial charge in [0.2, 0.25) is 0 Å². The second kappa shape index (κ2) is 8.16. The monoisotopic (exact) mass is 432 g/mol. The second-order valence-corrected chi connectivity index (χ2v) is 9.11. The summed E-state index contributed by atoms with van der Waals surface area (Å²) in [5.41, 5.74) is 2.88. The molecule has 7 rings (SSSR count). The van der Waals surface area contributed by atoms with Crippen LogP contribution in [0.5, 0.6) is 5.75 Å². The minimum Gasteiger partial charge on any atom is -0.488 e. The van der Waals surface area contributed by atoms with Gasteiger partial charge in [-0.3, -0.25) is 4.98 Å². The minimum absolute atomic E-state index is 0.179. The molecule has 1 saturated carbocycles. The number of hydrogen-bond donors (Lipinski definition) is 1. The normalized spacial score (nSPS) is 27.1. The van der Waals surface area contributed by atoms with Gasteiger partial charge >= 0.3 is 0 Å². The summed E-state index contributed by atoms with van der Waals surface area (Å²) in [6.45, 7) is 3.78. The van der Waals surface area contributed by atoms with Crippen LogP contribution in [0.4, 0.5) is 11.5 Å². The third-order valence-electron chi connectivity index (χ3n) is 6.74. The predicted molar refractivity (Wildman–Crippen MR) is 122 cm³/mol. The number of ether oxygens (including phenoxy) is 2. The molecule has 1 aromatic carbocycles. The smallest absolute Gasteiger partial charge is 0.149 e. The van der Waals surface area contributed by atoms with Crippen LogP contribution in [0.25, 0.3) is 11.0 Å². The molecule has 166 valence electrons. The van der Waals surface area contributed by atoms with E-state index in [4.69, 9.17) is 9.47 Å². The van der Waals surface area contributed by atoms with Gasteiger partial charge in [-0.2, -0.15) is 0 Å². The molecule has 5 heterocycles. The zero-order valence-corrected chi connectivity index (χ0v) is 18.3. The molecule has 1 N–H and O–H groups in total. The highest BCUT2D eigenvalue weighted by molar-refractivity contribution is 5.85. The summed E-state index contributed by atoms with van der Waals surface area (Å²) >= 11 is 0. The number of fused-ring (bicyclic) bond motifs is 3. The van der Waals surface area contributed by atoms with Crippen LogP contribution in [0, 0.1) is 6.92 Å². The molecule has 0 amide bonds. The van der Waals surface area contributed by atoms with Crippen LogP contribution in [0.3, 0.4) is 0 Å². The SMILES string of the molecule is Cc1nccc(NC2CCC(Oc3cc(N4CC5CC(C4)O5)cc4nccnc34)CC2)n1. The Morgan fingerprint density at radius 2 is 1.78 bits per heavy atom. The number of piperidine rings is 1. The number of benzene rings is 1. The molecule has 2 atom stereocenters. The standard InChI is InChI=1S/C24H28N6O2/c1-15-25-7-6-23(28-15)29-16-2-4-18(5-3-16)32-22-11-17(10-21-24(22)27-9-8-26-21)30-13-19-12-20(14-30)31-19/h6-11,16,18-20H,2-5,12-14H2,1H3,(H,25,28,29). The van der Waals surface area contributed by atoms with E-state index in [1.807, 2.05) is 13.0 Å². The first-order valence-electron chi connectivity index (χ1n) is 11.6. The summed E-state index contributed by atoms with van der Waals surface area (Å²) < 4.78 is 12.4. The van der Waals surface area contributed by atoms with Crippen LogP contribution in [0.1, 0.15) is 37.9 Å². The molecule has 1 aliphatic carbocycles. The fraction of sp³-hybridized carbons (Fsp3) is 0.500. The molecule has 3 aliphatic heterocycles. The van der Waals surface area contributed by atoms with Gasteiger partial charge < -0.3 is 19.7 Å². The lowest BCUT2D eigenvalue weighted by Crippen LogP contribution is -2.57. The highest BCUT2D eigenvalue weighted by atomic mass is 16.5. The molecule has 4 aliphatic rings. The van der Waals surface area contributed by atoms with E-state index in [0.717, 1.165) is 72.9 Å². The fourth-order valence-corrected chi connectivity index (χ4v) is 5.12. The number of nitrogens with zero attached hydrogens (tertiary/aromatic N) is 5. The molecule has 8 heteroatoms. The molecule has 2 unspecified atom stereocenters. The number of aryl methyl sites for hydroxylation is 1. The Labute approximate surface area is 187 Å². The van der Waals surface area contributed by atoms with E-state index in [0.29, 0.717) is 18.2 Å². The maximum atomic E-state index is 6.54. The van der Waals surface area contributed by atoms with E-state index in [2.05, 4.69) is 42.3 Å². The lowest BCUT2D eigenvalue weighted by molar-refractivity contribution is -0.133. The maximum Gasteiger partial charge on any atom is 0.149 e. The first kappa shape index (κ1) is 19.7. The number of morpholine rings is 1. The maximum absolute atomic E-state index is 6.54. The van der Waals surface area contributed by atoms with E-state index in [-0.39, 0.29) is 6.10 Å². The highest BCUT2D eigenvalue weighted by Gasteiger charge is 2.38. The second-order valence-electron chi connectivity index (χ2n) is 9.11. The van der Waals surface area contributed by atoms with Crippen molar-refractivity contribution in [3.05, 3.63) is 42.6 Å². The van der Waals surface area contributed by atoms with Gasteiger partial charge in [0.25, 0.3) is 0 Å². The van der Waals surface area contributed by atoms with Crippen LogP contribution in [0.15, 0.2) is 36.8 Å². The molecule has 4 fully saturated rings. The van der Waals surface area contributed by atoms with Crippen molar-refractivity contribution in [2.45, 2.75) is 63.4 Å². The molecule has 3 aromatic rings. The van der Waals surface area contributed by atoms with Crippen LogP contribution in [-0.2, 0) is 4.74 Å². The van der Waals surface area contributed by atoms with Crippen LogP contribution in [-0.4, -0.2) is 57.4 Å². The van der Waals surface area contributed by atoms with Gasteiger partial charge in [-0.1, -0.05) is 0 Å². The minimum atomic E-state index is 0.179. The zero-order chi connectivity index (χ0) is 21.5. The zero-order valence-electron chi connectivity index (χ0n) is 18.3. The van der Waals surface area contributed by atoms with Gasteiger partial charge in [0.05, 0.1) is 23.8 Å². The van der Waals surface area contributed by atoms with Crippen molar-refractivity contribution in [2.24, 2.45) is 0 Å². The van der Waals surface area contributed by atoms with Gasteiger partial charge in [0.1, 0.15) is 22.9 Å². The molecular weight excluding hydrogens is 404 g/mol. The van der Waals surface area contributed by atoms with Crippen molar-refractivity contribution in [2.75, 3.05) is 23.3 Å². The van der Waals surface area contributed by atoms with E-state index in [1.54, 1.807) is 18.6 Å². The van der Waals surface area contributed by atoms with Gasteiger partial charge in [-0.25, -0.2) is 15.0 Å². The van der Waals surface area contributed by atoms with E-state index < -0.39 is 0 Å². The van der Waals surface area contributed by atoms with Crippen molar-refractivity contribution in [3.63, 3.8) is 0 Å². The average molecular weight is 433 g/mol. The summed E-state index contributed by atoms with van der Waals surface area (Å²) in [5.74, 6) is 2.53. The third kappa shape index (κ3) is 3.95. The number of rotatable bonds is 5. The first-order chi connectivity index (χ1) is 15.7. The summed E-state index contributed by atoms with van der Waals surface area (Å²) in [6.07, 6.45) is 11.4. The summed E-state index contributed by atoms with van der Waals surface area (Å²) in [4.78, 5) is 20.2. The molecule has 8 nitrogen and oxygen atoms in total. The molecule has 0 spiro atoms. The number of anilines is 2. The highest BCUT2D eigenvalue weighted by Crippen LogP contribution is 2.36. The van der Waals surface area contributed by atoms with Crippen molar-refractivity contribution < 1.29 is 9.47 Å². The van der Waals surface area contributed by atoms with Crippen molar-refractivity contribution >= 4 is 22.5 Å². The van der Waals surface area contributed by atoms with E-state index >= 15 is 0 Å². The Morgan fingerprint density at radius 1 is 1.00 bits per heavy atom. The lowest BCUT2D eigenvalue weighted by atomic mass is 9.93. The molecule has 2 aromatic heterocycles. The Bertz CT molecular complexity index is 1100. The van der Waals surface area contributed by atoms with Gasteiger partial charge in [0, 0.05) is 55.9 Å². The number of aromatic nitrogens is 4. The third-order valence-corrected chi connectivity index (χ3v) is 6.74. The topological polar surface area (TPSA) is 85.3 Å². The first-order valence-corrected chi connectivity index (χ1v) is 11.6. The van der Waals surface area contributed by atoms with Gasteiger partial charge in [-0.05, 0) is 44.7 Å². The van der Waals surface area contributed by atoms with Crippen LogP contribution >= 0.6 is 0 Å². The average Bonchev–Trinajstić information content (AvgIpc) is 2.80. The molecule has 0 radical (unpaired) electrons. The summed E-state index contributed by atoms with van der Waals surface area (Å²) in [7, 11) is 0. The van der Waals surface area contributed by atoms with E-state index in [9.17, 15) is 0 Å². The Kier molecular flexibility index (Phi) is 5.02. The molecular formula is C24H28N6O2. The molecule has 32 heavy (non-hydrogen) atoms. The summed E-state index contributed by atoms with van der Waals surface area (Å²) in [5, 5.41) is 3.55. The van der Waals surface area contributed by atoms with Gasteiger partial charge in [-0.15, -0.1) is 0 Å². The van der Waals surface area contributed by atoms with Crippen molar-refractivity contribution in [1.29, 1.82) is 0 Å². The molecule has 2 bridgehead atoms. The lowest BCUT2D eigenvalue weighted by Gasteiger charge is -2.48. The van der Waals surface area contributed by atoms with Crippen LogP contribution < -0.4 is 15.0 Å². The largest absolute Gasteiger partial charge is 0.488 e. The van der Waals surface area contributed by atoms with Crippen LogP contribution in [0.2, 0.25) is 0 Å². The Morgan fingerprint density at radius 3 is 2.56 bits per heavy atom. The van der Waals surface area contributed by atoms with Crippen molar-refractivity contribution in [3.8, 4) is 5.75 Å². The Hall–Kier alpha value is -3.00. The number of hydrogen-bond acceptors (Lipinski definition) is 8. The fourth-order valence-electron chi connectivity index (χ4n) is 5.12. The summed E-state index contributed by atoms with van der Waals surface area (Å²) in [6, 6.07) is 6.62. The quantitative estimate of drug-likeness (QED) is 0.656. The van der Waals surface area contributed by atoms with E-state index in [1.165, 1.54) is 6.42 Å². The number of nitrogens with one attached hydrogen (secondary N) is 1. The Balaban J connectivity index is 1.16. The molecule has 3 saturated heterocycles.